The Balaban J connectivity index is 1.90. The van der Waals surface area contributed by atoms with Crippen molar-refractivity contribution < 1.29 is 0 Å². The quantitative estimate of drug-likeness (QED) is 0.771. The number of rotatable bonds is 2. The van der Waals surface area contributed by atoms with Crippen LogP contribution in [0.1, 0.15) is 25.0 Å². The molecule has 0 radical (unpaired) electrons. The molecule has 1 saturated heterocycles. The smallest absolute Gasteiger partial charge is 0.0406 e. The first-order valence-corrected chi connectivity index (χ1v) is 5.56. The zero-order valence-electron chi connectivity index (χ0n) is 8.58. The van der Waals surface area contributed by atoms with Crippen LogP contribution in [0.4, 0.5) is 0 Å². The highest BCUT2D eigenvalue weighted by atomic mass is 14.9. The number of hydrogen-bond acceptors (Lipinski definition) is 2. The molecule has 2 heteroatoms. The first kappa shape index (κ1) is 9.66. The lowest BCUT2D eigenvalue weighted by Crippen LogP contribution is -2.22. The summed E-state index contributed by atoms with van der Waals surface area (Å²) in [7, 11) is 0. The Kier molecular flexibility index (Phi) is 3.52. The van der Waals surface area contributed by atoms with Gasteiger partial charge in [-0.1, -0.05) is 12.5 Å². The van der Waals surface area contributed by atoms with E-state index in [1.165, 1.54) is 31.5 Å². The Bertz CT molecular complexity index is 250. The molecular weight excluding hydrogens is 172 g/mol. The van der Waals surface area contributed by atoms with Gasteiger partial charge in [0.2, 0.25) is 0 Å². The summed E-state index contributed by atoms with van der Waals surface area (Å²) in [4.78, 5) is 4.38. The van der Waals surface area contributed by atoms with Gasteiger partial charge < -0.3 is 5.32 Å². The molecule has 0 aromatic carbocycles. The molecule has 0 bridgehead atoms. The summed E-state index contributed by atoms with van der Waals surface area (Å²) in [5.41, 5.74) is 1.24. The molecule has 76 valence electrons. The topological polar surface area (TPSA) is 24.9 Å². The van der Waals surface area contributed by atoms with Gasteiger partial charge in [-0.3, -0.25) is 4.98 Å². The SMILES string of the molecule is c1ccc(CC2CCCCNC2)nc1. The van der Waals surface area contributed by atoms with Crippen molar-refractivity contribution >= 4 is 0 Å². The second-order valence-corrected chi connectivity index (χ2v) is 4.09. The van der Waals surface area contributed by atoms with Crippen LogP contribution in [0.3, 0.4) is 0 Å². The van der Waals surface area contributed by atoms with Crippen molar-refractivity contribution in [3.05, 3.63) is 30.1 Å². The predicted octanol–water partition coefficient (Wildman–Crippen LogP) is 2.01. The average Bonchev–Trinajstić information content (AvgIpc) is 2.48. The summed E-state index contributed by atoms with van der Waals surface area (Å²) in [6, 6.07) is 6.19. The fraction of sp³-hybridized carbons (Fsp3) is 0.583. The number of hydrogen-bond donors (Lipinski definition) is 1. The van der Waals surface area contributed by atoms with Gasteiger partial charge in [0.25, 0.3) is 0 Å². The molecule has 14 heavy (non-hydrogen) atoms. The fourth-order valence-electron chi connectivity index (χ4n) is 2.08. The number of pyridine rings is 1. The van der Waals surface area contributed by atoms with E-state index in [0.29, 0.717) is 0 Å². The molecule has 0 spiro atoms. The Morgan fingerprint density at radius 1 is 1.36 bits per heavy atom. The second-order valence-electron chi connectivity index (χ2n) is 4.09. The third-order valence-corrected chi connectivity index (χ3v) is 2.87. The van der Waals surface area contributed by atoms with Crippen molar-refractivity contribution in [3.8, 4) is 0 Å². The van der Waals surface area contributed by atoms with Crippen LogP contribution in [0.2, 0.25) is 0 Å². The molecule has 2 nitrogen and oxygen atoms in total. The highest BCUT2D eigenvalue weighted by molar-refractivity contribution is 5.04. The molecule has 0 aliphatic carbocycles. The zero-order chi connectivity index (χ0) is 9.64. The third-order valence-electron chi connectivity index (χ3n) is 2.87. The maximum atomic E-state index is 4.38. The van der Waals surface area contributed by atoms with Crippen molar-refractivity contribution in [3.63, 3.8) is 0 Å². The molecular formula is C12H18N2. The Morgan fingerprint density at radius 3 is 3.21 bits per heavy atom. The fourth-order valence-corrected chi connectivity index (χ4v) is 2.08. The minimum Gasteiger partial charge on any atom is -0.316 e. The molecule has 1 N–H and O–H groups in total. The van der Waals surface area contributed by atoms with E-state index in [2.05, 4.69) is 22.4 Å². The summed E-state index contributed by atoms with van der Waals surface area (Å²) >= 11 is 0. The predicted molar refractivity (Wildman–Crippen MR) is 58.2 cm³/mol. The van der Waals surface area contributed by atoms with E-state index in [1.807, 2.05) is 12.3 Å². The van der Waals surface area contributed by atoms with Crippen molar-refractivity contribution in [2.45, 2.75) is 25.7 Å². The lowest BCUT2D eigenvalue weighted by Gasteiger charge is -2.12. The molecule has 2 rings (SSSR count). The van der Waals surface area contributed by atoms with Crippen molar-refractivity contribution in [1.29, 1.82) is 0 Å². The van der Waals surface area contributed by atoms with Gasteiger partial charge >= 0.3 is 0 Å². The zero-order valence-corrected chi connectivity index (χ0v) is 8.58. The van der Waals surface area contributed by atoms with Gasteiger partial charge in [-0.2, -0.15) is 0 Å². The van der Waals surface area contributed by atoms with Gasteiger partial charge in [0.15, 0.2) is 0 Å². The van der Waals surface area contributed by atoms with Crippen LogP contribution >= 0.6 is 0 Å². The molecule has 0 saturated carbocycles. The van der Waals surface area contributed by atoms with Crippen LogP contribution in [-0.2, 0) is 6.42 Å². The Labute approximate surface area is 85.7 Å². The van der Waals surface area contributed by atoms with E-state index in [-0.39, 0.29) is 0 Å². The van der Waals surface area contributed by atoms with Gasteiger partial charge in [-0.05, 0) is 50.4 Å². The molecule has 1 aliphatic heterocycles. The van der Waals surface area contributed by atoms with Gasteiger partial charge in [-0.25, -0.2) is 0 Å². The van der Waals surface area contributed by atoms with E-state index in [1.54, 1.807) is 0 Å². The molecule has 2 heterocycles. The van der Waals surface area contributed by atoms with Gasteiger partial charge in [-0.15, -0.1) is 0 Å². The number of nitrogens with zero attached hydrogens (tertiary/aromatic N) is 1. The van der Waals surface area contributed by atoms with Gasteiger partial charge in [0.05, 0.1) is 0 Å². The Hall–Kier alpha value is -0.890. The van der Waals surface area contributed by atoms with Crippen LogP contribution in [-0.4, -0.2) is 18.1 Å². The maximum absolute atomic E-state index is 4.38. The van der Waals surface area contributed by atoms with Crippen molar-refractivity contribution in [1.82, 2.24) is 10.3 Å². The van der Waals surface area contributed by atoms with Gasteiger partial charge in [0.1, 0.15) is 0 Å². The standard InChI is InChI=1S/C12H18N2/c1-3-7-13-10-11(5-1)9-12-6-2-4-8-14-12/h2,4,6,8,11,13H,1,3,5,7,9-10H2. The van der Waals surface area contributed by atoms with Crippen LogP contribution in [0.25, 0.3) is 0 Å². The first-order chi connectivity index (χ1) is 6.95. The third kappa shape index (κ3) is 2.81. The molecule has 1 aliphatic rings. The minimum atomic E-state index is 0.785. The lowest BCUT2D eigenvalue weighted by molar-refractivity contribution is 0.472. The second kappa shape index (κ2) is 5.11. The molecule has 1 fully saturated rings. The highest BCUT2D eigenvalue weighted by Crippen LogP contribution is 2.15. The summed E-state index contributed by atoms with van der Waals surface area (Å²) in [6.07, 6.45) is 7.07. The summed E-state index contributed by atoms with van der Waals surface area (Å²) in [5, 5.41) is 3.49. The van der Waals surface area contributed by atoms with E-state index in [0.717, 1.165) is 18.9 Å². The Morgan fingerprint density at radius 2 is 2.36 bits per heavy atom. The maximum Gasteiger partial charge on any atom is 0.0406 e. The number of nitrogens with one attached hydrogen (secondary N) is 1. The van der Waals surface area contributed by atoms with Crippen LogP contribution in [0, 0.1) is 5.92 Å². The molecule has 0 amide bonds. The largest absolute Gasteiger partial charge is 0.316 e. The molecule has 1 atom stereocenters. The normalized spacial score (nSPS) is 23.0. The lowest BCUT2D eigenvalue weighted by atomic mass is 9.98. The number of aromatic nitrogens is 1. The van der Waals surface area contributed by atoms with E-state index in [9.17, 15) is 0 Å². The summed E-state index contributed by atoms with van der Waals surface area (Å²) in [6.45, 7) is 2.36. The minimum absolute atomic E-state index is 0.785. The van der Waals surface area contributed by atoms with E-state index < -0.39 is 0 Å². The van der Waals surface area contributed by atoms with Crippen molar-refractivity contribution in [2.75, 3.05) is 13.1 Å². The highest BCUT2D eigenvalue weighted by Gasteiger charge is 2.12. The van der Waals surface area contributed by atoms with Crippen LogP contribution < -0.4 is 5.32 Å². The van der Waals surface area contributed by atoms with E-state index in [4.69, 9.17) is 0 Å². The monoisotopic (exact) mass is 190 g/mol. The molecule has 1 aromatic rings. The van der Waals surface area contributed by atoms with Gasteiger partial charge in [0, 0.05) is 11.9 Å². The van der Waals surface area contributed by atoms with E-state index >= 15 is 0 Å². The molecule has 1 aromatic heterocycles. The summed E-state index contributed by atoms with van der Waals surface area (Å²) in [5.74, 6) is 0.785. The van der Waals surface area contributed by atoms with Crippen LogP contribution in [0.5, 0.6) is 0 Å². The summed E-state index contributed by atoms with van der Waals surface area (Å²) < 4.78 is 0. The van der Waals surface area contributed by atoms with Crippen LogP contribution in [0.15, 0.2) is 24.4 Å². The first-order valence-electron chi connectivity index (χ1n) is 5.56. The average molecular weight is 190 g/mol. The molecule has 1 unspecified atom stereocenters. The van der Waals surface area contributed by atoms with Crippen molar-refractivity contribution in [2.24, 2.45) is 5.92 Å².